The lowest BCUT2D eigenvalue weighted by Gasteiger charge is -2.11. The van der Waals surface area contributed by atoms with E-state index >= 15 is 0 Å². The van der Waals surface area contributed by atoms with Crippen molar-refractivity contribution in [2.45, 2.75) is 78.2 Å². The van der Waals surface area contributed by atoms with Crippen molar-refractivity contribution >= 4 is 5.71 Å². The van der Waals surface area contributed by atoms with E-state index < -0.39 is 0 Å². The van der Waals surface area contributed by atoms with Crippen LogP contribution in [0.3, 0.4) is 0 Å². The lowest BCUT2D eigenvalue weighted by atomic mass is 10.0. The van der Waals surface area contributed by atoms with Crippen molar-refractivity contribution in [2.75, 3.05) is 0 Å². The molecule has 0 bridgehead atoms. The van der Waals surface area contributed by atoms with Crippen LogP contribution in [0, 0.1) is 5.92 Å². The number of nitrogens with zero attached hydrogens (tertiary/aromatic N) is 1. The van der Waals surface area contributed by atoms with Gasteiger partial charge in [0.05, 0.1) is 0 Å². The Morgan fingerprint density at radius 2 is 2.07 bits per heavy atom. The lowest BCUT2D eigenvalue weighted by Crippen LogP contribution is -2.05. The number of hydrogen-bond donors (Lipinski definition) is 0. The first-order valence-electron chi connectivity index (χ1n) is 6.71. The van der Waals surface area contributed by atoms with Gasteiger partial charge in [-0.15, -0.1) is 0 Å². The van der Waals surface area contributed by atoms with Crippen LogP contribution in [-0.2, 0) is 0 Å². The lowest BCUT2D eigenvalue weighted by molar-refractivity contribution is 0.482. The molecular formula is C14H27N. The Balaban J connectivity index is 2.16. The van der Waals surface area contributed by atoms with Crippen molar-refractivity contribution in [3.63, 3.8) is 0 Å². The van der Waals surface area contributed by atoms with Gasteiger partial charge in [-0.05, 0) is 38.5 Å². The molecule has 0 unspecified atom stereocenters. The smallest absolute Gasteiger partial charge is 0.0498 e. The van der Waals surface area contributed by atoms with E-state index in [-0.39, 0.29) is 0 Å². The van der Waals surface area contributed by atoms with Crippen LogP contribution in [-0.4, -0.2) is 11.8 Å². The van der Waals surface area contributed by atoms with E-state index in [0.29, 0.717) is 6.04 Å². The maximum absolute atomic E-state index is 4.81. The fourth-order valence-corrected chi connectivity index (χ4v) is 2.34. The zero-order valence-electron chi connectivity index (χ0n) is 10.8. The molecule has 0 saturated carbocycles. The largest absolute Gasteiger partial charge is 0.291 e. The Bertz CT molecular complexity index is 194. The van der Waals surface area contributed by atoms with E-state index in [1.807, 2.05) is 0 Å². The minimum absolute atomic E-state index is 0.652. The first kappa shape index (κ1) is 12.7. The summed E-state index contributed by atoms with van der Waals surface area (Å²) >= 11 is 0. The molecule has 0 aromatic rings. The highest BCUT2D eigenvalue weighted by Gasteiger charge is 2.10. The number of rotatable bonds is 5. The third-order valence-corrected chi connectivity index (χ3v) is 3.30. The van der Waals surface area contributed by atoms with Gasteiger partial charge in [-0.3, -0.25) is 4.99 Å². The second kappa shape index (κ2) is 7.03. The Kier molecular flexibility index (Phi) is 5.97. The van der Waals surface area contributed by atoms with E-state index in [2.05, 4.69) is 20.8 Å². The van der Waals surface area contributed by atoms with Crippen LogP contribution in [0.2, 0.25) is 0 Å². The van der Waals surface area contributed by atoms with Crippen molar-refractivity contribution in [3.8, 4) is 0 Å². The van der Waals surface area contributed by atoms with Crippen LogP contribution in [0.4, 0.5) is 0 Å². The SMILES string of the molecule is CC1=N[C@H](CCCCC(C)C)CCCC1. The zero-order chi connectivity index (χ0) is 11.1. The normalized spacial score (nSPS) is 22.7. The van der Waals surface area contributed by atoms with Crippen LogP contribution in [0.5, 0.6) is 0 Å². The van der Waals surface area contributed by atoms with Gasteiger partial charge >= 0.3 is 0 Å². The summed E-state index contributed by atoms with van der Waals surface area (Å²) in [6.07, 6.45) is 10.8. The Morgan fingerprint density at radius 3 is 2.80 bits per heavy atom. The van der Waals surface area contributed by atoms with E-state index in [9.17, 15) is 0 Å². The van der Waals surface area contributed by atoms with Gasteiger partial charge in [0.2, 0.25) is 0 Å². The molecule has 88 valence electrons. The number of hydrogen-bond acceptors (Lipinski definition) is 1. The molecule has 15 heavy (non-hydrogen) atoms. The molecule has 0 radical (unpaired) electrons. The van der Waals surface area contributed by atoms with Gasteiger partial charge in [0.15, 0.2) is 0 Å². The molecule has 0 spiro atoms. The Labute approximate surface area is 95.4 Å². The molecule has 0 N–H and O–H groups in total. The predicted molar refractivity (Wildman–Crippen MR) is 68.7 cm³/mol. The third-order valence-electron chi connectivity index (χ3n) is 3.30. The molecule has 1 heteroatoms. The van der Waals surface area contributed by atoms with E-state index in [0.717, 1.165) is 5.92 Å². The summed E-state index contributed by atoms with van der Waals surface area (Å²) in [7, 11) is 0. The van der Waals surface area contributed by atoms with Gasteiger partial charge in [-0.25, -0.2) is 0 Å². The topological polar surface area (TPSA) is 12.4 Å². The van der Waals surface area contributed by atoms with Gasteiger partial charge in [0.25, 0.3) is 0 Å². The van der Waals surface area contributed by atoms with Crippen molar-refractivity contribution in [2.24, 2.45) is 10.9 Å². The van der Waals surface area contributed by atoms with Gasteiger partial charge in [0.1, 0.15) is 0 Å². The minimum atomic E-state index is 0.652. The monoisotopic (exact) mass is 209 g/mol. The Hall–Kier alpha value is -0.330. The molecule has 1 rings (SSSR count). The molecule has 0 fully saturated rings. The average Bonchev–Trinajstić information content (AvgIpc) is 2.37. The molecular weight excluding hydrogens is 182 g/mol. The quantitative estimate of drug-likeness (QED) is 0.586. The second-order valence-corrected chi connectivity index (χ2v) is 5.44. The number of aliphatic imine (C=N–C) groups is 1. The summed E-state index contributed by atoms with van der Waals surface area (Å²) in [5.74, 6) is 0.865. The van der Waals surface area contributed by atoms with Gasteiger partial charge in [-0.2, -0.15) is 0 Å². The summed E-state index contributed by atoms with van der Waals surface area (Å²) in [4.78, 5) is 4.81. The van der Waals surface area contributed by atoms with Crippen LogP contribution < -0.4 is 0 Å². The van der Waals surface area contributed by atoms with E-state index in [1.54, 1.807) is 0 Å². The summed E-state index contributed by atoms with van der Waals surface area (Å²) in [6.45, 7) is 6.83. The maximum Gasteiger partial charge on any atom is 0.0498 e. The third kappa shape index (κ3) is 5.96. The van der Waals surface area contributed by atoms with E-state index in [4.69, 9.17) is 4.99 Å². The first-order chi connectivity index (χ1) is 7.18. The molecule has 1 nitrogen and oxygen atoms in total. The highest BCUT2D eigenvalue weighted by molar-refractivity contribution is 5.82. The van der Waals surface area contributed by atoms with Crippen molar-refractivity contribution < 1.29 is 0 Å². The van der Waals surface area contributed by atoms with Crippen molar-refractivity contribution in [1.82, 2.24) is 0 Å². The molecule has 0 aromatic heterocycles. The summed E-state index contributed by atoms with van der Waals surface area (Å²) in [5.41, 5.74) is 1.39. The highest BCUT2D eigenvalue weighted by Crippen LogP contribution is 2.19. The maximum atomic E-state index is 4.81. The molecule has 0 saturated heterocycles. The van der Waals surface area contributed by atoms with Crippen LogP contribution in [0.1, 0.15) is 72.1 Å². The summed E-state index contributed by atoms with van der Waals surface area (Å²) in [6, 6.07) is 0.652. The van der Waals surface area contributed by atoms with Gasteiger partial charge in [-0.1, -0.05) is 39.5 Å². The second-order valence-electron chi connectivity index (χ2n) is 5.44. The van der Waals surface area contributed by atoms with Crippen molar-refractivity contribution in [3.05, 3.63) is 0 Å². The molecule has 1 aliphatic heterocycles. The van der Waals surface area contributed by atoms with Gasteiger partial charge in [0, 0.05) is 11.8 Å². The predicted octanol–water partition coefficient (Wildman–Crippen LogP) is 4.61. The highest BCUT2D eigenvalue weighted by atomic mass is 14.8. The molecule has 0 aromatic carbocycles. The van der Waals surface area contributed by atoms with Gasteiger partial charge < -0.3 is 0 Å². The van der Waals surface area contributed by atoms with Crippen LogP contribution in [0.25, 0.3) is 0 Å². The van der Waals surface area contributed by atoms with Crippen LogP contribution in [0.15, 0.2) is 4.99 Å². The molecule has 0 amide bonds. The fraction of sp³-hybridized carbons (Fsp3) is 0.929. The summed E-state index contributed by atoms with van der Waals surface area (Å²) < 4.78 is 0. The Morgan fingerprint density at radius 1 is 1.27 bits per heavy atom. The average molecular weight is 209 g/mol. The van der Waals surface area contributed by atoms with Crippen LogP contribution >= 0.6 is 0 Å². The first-order valence-corrected chi connectivity index (χ1v) is 6.71. The van der Waals surface area contributed by atoms with E-state index in [1.165, 1.54) is 57.1 Å². The minimum Gasteiger partial charge on any atom is -0.291 e. The standard InChI is InChI=1S/C14H27N/c1-12(2)8-4-6-10-14-11-7-5-9-13(3)15-14/h12,14H,4-11H2,1-3H3/t14-/m1/s1. The zero-order valence-corrected chi connectivity index (χ0v) is 10.8. The summed E-state index contributed by atoms with van der Waals surface area (Å²) in [5, 5.41) is 0. The molecule has 1 aliphatic rings. The number of unbranched alkanes of at least 4 members (excludes halogenated alkanes) is 1. The van der Waals surface area contributed by atoms with Crippen molar-refractivity contribution in [1.29, 1.82) is 0 Å². The fourth-order valence-electron chi connectivity index (χ4n) is 2.34. The molecule has 1 atom stereocenters. The molecule has 1 heterocycles. The molecule has 0 aliphatic carbocycles.